The maximum absolute atomic E-state index is 5.96. The van der Waals surface area contributed by atoms with Crippen LogP contribution in [0.25, 0.3) is 0 Å². The lowest BCUT2D eigenvalue weighted by Crippen LogP contribution is -3.11. The van der Waals surface area contributed by atoms with E-state index >= 15 is 0 Å². The molecule has 1 saturated heterocycles. The third-order valence-corrected chi connectivity index (χ3v) is 5.17. The van der Waals surface area contributed by atoms with E-state index in [1.165, 1.54) is 58.5 Å². The van der Waals surface area contributed by atoms with E-state index in [1.54, 1.807) is 9.80 Å². The fourth-order valence-electron chi connectivity index (χ4n) is 4.24. The van der Waals surface area contributed by atoms with Crippen LogP contribution in [0.2, 0.25) is 0 Å². The van der Waals surface area contributed by atoms with Crippen LogP contribution in [0.3, 0.4) is 0 Å². The van der Waals surface area contributed by atoms with Crippen molar-refractivity contribution in [3.8, 4) is 0 Å². The second-order valence-corrected chi connectivity index (χ2v) is 8.26. The van der Waals surface area contributed by atoms with E-state index in [-0.39, 0.29) is 5.60 Å². The standard InChI is InChI=1S/C18H39N3O/c1-7-21(8-2)12-9-11-19-15-18(16-20(5)6)10-13-22-17(3,4)14-18/h19H,7-16H2,1-6H3/p+3/t18-/m1/s1. The summed E-state index contributed by atoms with van der Waals surface area (Å²) in [6, 6.07) is 0. The van der Waals surface area contributed by atoms with Crippen LogP contribution in [-0.2, 0) is 4.74 Å². The lowest BCUT2D eigenvalue weighted by molar-refractivity contribution is -0.898. The summed E-state index contributed by atoms with van der Waals surface area (Å²) in [4.78, 5) is 3.30. The SMILES string of the molecule is CC[NH+](CC)CCC[NH2+]C[C@@]1(C[NH+](C)C)CCOC(C)(C)C1. The average molecular weight is 317 g/mol. The van der Waals surface area contributed by atoms with Crippen LogP contribution in [0.1, 0.15) is 47.0 Å². The number of nitrogens with one attached hydrogen (secondary N) is 2. The maximum atomic E-state index is 5.96. The van der Waals surface area contributed by atoms with Crippen molar-refractivity contribution in [2.45, 2.75) is 52.6 Å². The van der Waals surface area contributed by atoms with Gasteiger partial charge in [0, 0.05) is 13.0 Å². The van der Waals surface area contributed by atoms with Crippen molar-refractivity contribution in [3.63, 3.8) is 0 Å². The molecule has 1 heterocycles. The molecule has 0 spiro atoms. The van der Waals surface area contributed by atoms with E-state index in [9.17, 15) is 0 Å². The first-order valence-electron chi connectivity index (χ1n) is 9.41. The van der Waals surface area contributed by atoms with Crippen molar-refractivity contribution in [2.24, 2.45) is 5.41 Å². The van der Waals surface area contributed by atoms with Gasteiger partial charge in [-0.2, -0.15) is 0 Å². The molecule has 0 radical (unpaired) electrons. The largest absolute Gasteiger partial charge is 0.376 e. The molecule has 0 bridgehead atoms. The molecular weight excluding hydrogens is 274 g/mol. The first-order valence-corrected chi connectivity index (χ1v) is 9.41. The minimum absolute atomic E-state index is 0.0485. The second kappa shape index (κ2) is 9.21. The number of rotatable bonds is 10. The zero-order valence-electron chi connectivity index (χ0n) is 16.1. The third-order valence-electron chi connectivity index (χ3n) is 5.17. The second-order valence-electron chi connectivity index (χ2n) is 8.26. The Hall–Kier alpha value is -0.160. The van der Waals surface area contributed by atoms with Gasteiger partial charge in [0.15, 0.2) is 0 Å². The van der Waals surface area contributed by atoms with Crippen LogP contribution in [0.15, 0.2) is 0 Å². The van der Waals surface area contributed by atoms with Gasteiger partial charge in [0.25, 0.3) is 0 Å². The quantitative estimate of drug-likeness (QED) is 0.425. The lowest BCUT2D eigenvalue weighted by Gasteiger charge is -2.43. The molecule has 1 fully saturated rings. The summed E-state index contributed by atoms with van der Waals surface area (Å²) in [6.45, 7) is 17.7. The maximum Gasteiger partial charge on any atom is 0.0880 e. The van der Waals surface area contributed by atoms with Gasteiger partial charge in [0.05, 0.1) is 64.4 Å². The first kappa shape index (κ1) is 19.9. The number of hydrogen-bond donors (Lipinski definition) is 3. The number of quaternary nitrogens is 3. The summed E-state index contributed by atoms with van der Waals surface area (Å²) in [7, 11) is 4.57. The Morgan fingerprint density at radius 1 is 1.14 bits per heavy atom. The molecule has 22 heavy (non-hydrogen) atoms. The summed E-state index contributed by atoms with van der Waals surface area (Å²) < 4.78 is 5.96. The van der Waals surface area contributed by atoms with E-state index in [1.807, 2.05) is 0 Å². The molecule has 1 aliphatic rings. The number of ether oxygens (including phenoxy) is 1. The first-order chi connectivity index (χ1) is 10.3. The molecule has 0 amide bonds. The summed E-state index contributed by atoms with van der Waals surface area (Å²) in [5.41, 5.74) is 0.496. The van der Waals surface area contributed by atoms with Crippen molar-refractivity contribution < 1.29 is 19.9 Å². The molecule has 0 aromatic rings. The molecule has 0 aromatic heterocycles. The highest BCUT2D eigenvalue weighted by molar-refractivity contribution is 4.89. The highest BCUT2D eigenvalue weighted by atomic mass is 16.5. The van der Waals surface area contributed by atoms with Crippen molar-refractivity contribution in [3.05, 3.63) is 0 Å². The molecule has 1 aliphatic heterocycles. The van der Waals surface area contributed by atoms with E-state index in [0.717, 1.165) is 6.61 Å². The number of nitrogens with two attached hydrogens (primary N) is 1. The smallest absolute Gasteiger partial charge is 0.0880 e. The van der Waals surface area contributed by atoms with Crippen molar-refractivity contribution >= 4 is 0 Å². The minimum atomic E-state index is 0.0485. The normalized spacial score (nSPS) is 25.1. The molecule has 4 N–H and O–H groups in total. The van der Waals surface area contributed by atoms with Crippen LogP contribution in [0.5, 0.6) is 0 Å². The molecule has 1 atom stereocenters. The van der Waals surface area contributed by atoms with Crippen LogP contribution < -0.4 is 15.1 Å². The topological polar surface area (TPSA) is 34.7 Å². The predicted octanol–water partition coefficient (Wildman–Crippen LogP) is -1.42. The summed E-state index contributed by atoms with van der Waals surface area (Å²) >= 11 is 0. The molecular formula is C18H42N3O+3. The van der Waals surface area contributed by atoms with Gasteiger partial charge in [-0.1, -0.05) is 0 Å². The Bertz CT molecular complexity index is 303. The highest BCUT2D eigenvalue weighted by Crippen LogP contribution is 2.36. The molecule has 4 nitrogen and oxygen atoms in total. The Labute approximate surface area is 138 Å². The van der Waals surface area contributed by atoms with E-state index < -0.39 is 0 Å². The van der Waals surface area contributed by atoms with Gasteiger partial charge in [-0.15, -0.1) is 0 Å². The van der Waals surface area contributed by atoms with Crippen molar-refractivity contribution in [1.29, 1.82) is 0 Å². The lowest BCUT2D eigenvalue weighted by atomic mass is 9.73. The Morgan fingerprint density at radius 3 is 2.36 bits per heavy atom. The van der Waals surface area contributed by atoms with Gasteiger partial charge in [-0.05, 0) is 40.5 Å². The third kappa shape index (κ3) is 6.95. The zero-order chi connectivity index (χ0) is 16.6. The van der Waals surface area contributed by atoms with Crippen molar-refractivity contribution in [2.75, 3.05) is 60.0 Å². The molecule has 0 saturated carbocycles. The Balaban J connectivity index is 2.42. The highest BCUT2D eigenvalue weighted by Gasteiger charge is 2.44. The Kier molecular flexibility index (Phi) is 8.33. The van der Waals surface area contributed by atoms with Crippen molar-refractivity contribution in [1.82, 2.24) is 0 Å². The van der Waals surface area contributed by atoms with Gasteiger partial charge in [-0.3, -0.25) is 0 Å². The van der Waals surface area contributed by atoms with Crippen LogP contribution in [-0.4, -0.2) is 65.6 Å². The van der Waals surface area contributed by atoms with Gasteiger partial charge < -0.3 is 19.9 Å². The summed E-state index contributed by atoms with van der Waals surface area (Å²) in [6.07, 6.45) is 3.75. The monoisotopic (exact) mass is 316 g/mol. The molecule has 1 rings (SSSR count). The van der Waals surface area contributed by atoms with E-state index in [2.05, 4.69) is 47.1 Å². The van der Waals surface area contributed by atoms with E-state index in [4.69, 9.17) is 4.74 Å². The van der Waals surface area contributed by atoms with Gasteiger partial charge >= 0.3 is 0 Å². The summed E-state index contributed by atoms with van der Waals surface area (Å²) in [5.74, 6) is 0. The van der Waals surface area contributed by atoms with Gasteiger partial charge in [-0.25, -0.2) is 0 Å². The Morgan fingerprint density at radius 2 is 1.82 bits per heavy atom. The van der Waals surface area contributed by atoms with Crippen LogP contribution >= 0.6 is 0 Å². The molecule has 132 valence electrons. The number of hydrogen-bond acceptors (Lipinski definition) is 1. The van der Waals surface area contributed by atoms with Gasteiger partial charge in [0.1, 0.15) is 0 Å². The fraction of sp³-hybridized carbons (Fsp3) is 1.00. The summed E-state index contributed by atoms with van der Waals surface area (Å²) in [5, 5.41) is 2.58. The molecule has 0 unspecified atom stereocenters. The van der Waals surface area contributed by atoms with Crippen LogP contribution in [0, 0.1) is 5.41 Å². The molecule has 4 heteroatoms. The zero-order valence-corrected chi connectivity index (χ0v) is 16.1. The van der Waals surface area contributed by atoms with Gasteiger partial charge in [0.2, 0.25) is 0 Å². The van der Waals surface area contributed by atoms with Crippen LogP contribution in [0.4, 0.5) is 0 Å². The molecule has 0 aromatic carbocycles. The predicted molar refractivity (Wildman–Crippen MR) is 92.6 cm³/mol. The van der Waals surface area contributed by atoms with E-state index in [0.29, 0.717) is 5.41 Å². The fourth-order valence-corrected chi connectivity index (χ4v) is 4.24. The minimum Gasteiger partial charge on any atom is -0.376 e. The average Bonchev–Trinajstić information content (AvgIpc) is 2.41. The molecule has 0 aliphatic carbocycles.